The van der Waals surface area contributed by atoms with Crippen LogP contribution in [-0.2, 0) is 19.1 Å². The first-order chi connectivity index (χ1) is 12.4. The topological polar surface area (TPSA) is 103 Å². The van der Waals surface area contributed by atoms with Crippen LogP contribution in [0.5, 0.6) is 0 Å². The second kappa shape index (κ2) is 9.02. The minimum Gasteiger partial charge on any atom is -0.466 e. The van der Waals surface area contributed by atoms with Gasteiger partial charge in [0.1, 0.15) is 0 Å². The number of nitrogens with one attached hydrogen (secondary N) is 2. The molecule has 1 aliphatic heterocycles. The molecule has 1 fully saturated rings. The summed E-state index contributed by atoms with van der Waals surface area (Å²) >= 11 is 4.88. The molecule has 26 heavy (non-hydrogen) atoms. The molecular formula is C18H27N3O4S. The monoisotopic (exact) mass is 381 g/mol. The van der Waals surface area contributed by atoms with Gasteiger partial charge in [-0.1, -0.05) is 12.8 Å². The molecular weight excluding hydrogens is 354 g/mol. The summed E-state index contributed by atoms with van der Waals surface area (Å²) < 4.78 is 10.3. The highest BCUT2D eigenvalue weighted by atomic mass is 32.1. The van der Waals surface area contributed by atoms with Gasteiger partial charge in [-0.25, -0.2) is 9.59 Å². The van der Waals surface area contributed by atoms with Crippen molar-refractivity contribution >= 4 is 29.3 Å². The van der Waals surface area contributed by atoms with Crippen LogP contribution in [0.4, 0.5) is 0 Å². The normalized spacial score (nSPS) is 20.7. The molecule has 7 nitrogen and oxygen atoms in total. The summed E-state index contributed by atoms with van der Waals surface area (Å²) in [7, 11) is 1.35. The van der Waals surface area contributed by atoms with Gasteiger partial charge in [0.2, 0.25) is 0 Å². The van der Waals surface area contributed by atoms with Crippen LogP contribution in [-0.4, -0.2) is 37.3 Å². The van der Waals surface area contributed by atoms with E-state index in [1.165, 1.54) is 7.11 Å². The molecule has 0 aromatic carbocycles. The number of esters is 2. The summed E-state index contributed by atoms with van der Waals surface area (Å²) in [6, 6.07) is 0. The Morgan fingerprint density at radius 3 is 2.46 bits per heavy atom. The number of methoxy groups -OCH3 is 1. The van der Waals surface area contributed by atoms with E-state index in [4.69, 9.17) is 27.4 Å². The van der Waals surface area contributed by atoms with Crippen molar-refractivity contribution in [2.24, 2.45) is 17.6 Å². The largest absolute Gasteiger partial charge is 0.466 e. The molecule has 0 amide bonds. The summed E-state index contributed by atoms with van der Waals surface area (Å²) in [5.41, 5.74) is 7.83. The number of nitrogens with two attached hydrogens (primary N) is 1. The first-order valence-electron chi connectivity index (χ1n) is 8.90. The molecule has 0 spiro atoms. The minimum atomic E-state index is -0.425. The highest BCUT2D eigenvalue weighted by Gasteiger charge is 2.42. The third-order valence-corrected chi connectivity index (χ3v) is 5.05. The lowest BCUT2D eigenvalue weighted by Gasteiger charge is -2.34. The van der Waals surface area contributed by atoms with Crippen molar-refractivity contribution in [1.82, 2.24) is 10.6 Å². The smallest absolute Gasteiger partial charge is 0.336 e. The first-order valence-corrected chi connectivity index (χ1v) is 9.31. The number of thiocarbonyl (C=S) groups is 1. The van der Waals surface area contributed by atoms with Crippen LogP contribution in [0.2, 0.25) is 0 Å². The van der Waals surface area contributed by atoms with Crippen molar-refractivity contribution in [2.75, 3.05) is 20.3 Å². The van der Waals surface area contributed by atoms with E-state index in [1.807, 2.05) is 6.92 Å². The summed E-state index contributed by atoms with van der Waals surface area (Å²) in [5, 5.41) is 6.17. The summed E-state index contributed by atoms with van der Waals surface area (Å²) in [5.74, 6) is -1.01. The molecule has 0 saturated heterocycles. The van der Waals surface area contributed by atoms with Crippen molar-refractivity contribution < 1.29 is 19.1 Å². The van der Waals surface area contributed by atoms with Crippen LogP contribution in [0.25, 0.3) is 0 Å². The third-order valence-electron chi connectivity index (χ3n) is 4.90. The lowest BCUT2D eigenvalue weighted by molar-refractivity contribution is -0.139. The Morgan fingerprint density at radius 1 is 1.27 bits per heavy atom. The molecule has 2 rings (SSSR count). The van der Waals surface area contributed by atoms with Gasteiger partial charge in [-0.15, -0.1) is 0 Å². The maximum atomic E-state index is 12.8. The van der Waals surface area contributed by atoms with Gasteiger partial charge in [-0.2, -0.15) is 0 Å². The lowest BCUT2D eigenvalue weighted by atomic mass is 9.75. The molecule has 1 atom stereocenters. The Morgan fingerprint density at radius 2 is 1.92 bits per heavy atom. The average Bonchev–Trinajstić information content (AvgIpc) is 3.12. The number of carbonyl (C=O) groups excluding carboxylic acids is 2. The van der Waals surface area contributed by atoms with Crippen molar-refractivity contribution in [1.29, 1.82) is 0 Å². The van der Waals surface area contributed by atoms with Crippen LogP contribution >= 0.6 is 12.2 Å². The fourth-order valence-electron chi connectivity index (χ4n) is 3.85. The van der Waals surface area contributed by atoms with E-state index in [0.29, 0.717) is 22.5 Å². The Hall–Kier alpha value is -2.09. The molecule has 1 unspecified atom stereocenters. The molecule has 2 aliphatic rings. The number of hydrogen-bond donors (Lipinski definition) is 3. The molecule has 1 saturated carbocycles. The molecule has 144 valence electrons. The fraction of sp³-hybridized carbons (Fsp3) is 0.611. The van der Waals surface area contributed by atoms with Crippen LogP contribution in [0.1, 0.15) is 39.5 Å². The molecule has 0 aromatic rings. The zero-order valence-corrected chi connectivity index (χ0v) is 16.3. The summed E-state index contributed by atoms with van der Waals surface area (Å²) in [6.45, 7) is 4.09. The van der Waals surface area contributed by atoms with Crippen LogP contribution in [0.3, 0.4) is 0 Å². The van der Waals surface area contributed by atoms with E-state index >= 15 is 0 Å². The number of dihydropyridines is 1. The zero-order valence-electron chi connectivity index (χ0n) is 15.5. The van der Waals surface area contributed by atoms with Gasteiger partial charge in [-0.3, -0.25) is 0 Å². The number of rotatable bonds is 6. The maximum Gasteiger partial charge on any atom is 0.336 e. The number of hydrogen-bond acceptors (Lipinski definition) is 6. The van der Waals surface area contributed by atoms with E-state index in [9.17, 15) is 9.59 Å². The predicted molar refractivity (Wildman–Crippen MR) is 102 cm³/mol. The Labute approximate surface area is 159 Å². The second-order valence-electron chi connectivity index (χ2n) is 6.51. The molecule has 8 heteroatoms. The minimum absolute atomic E-state index is 0.139. The number of ether oxygens (including phenoxy) is 2. The van der Waals surface area contributed by atoms with Crippen LogP contribution in [0, 0.1) is 11.8 Å². The maximum absolute atomic E-state index is 12.8. The van der Waals surface area contributed by atoms with Gasteiger partial charge in [0.25, 0.3) is 0 Å². The van der Waals surface area contributed by atoms with E-state index < -0.39 is 11.9 Å². The standard InChI is InChI=1S/C18H27N3O4S/c1-4-25-17(23)15-12(9-20-18(19)26)21-10(2)13(16(22)24-3)14(15)11-7-5-6-8-11/h11,14,21H,4-9H2,1-3H3,(H3,19,20,26). The molecule has 0 bridgehead atoms. The molecule has 0 aromatic heterocycles. The number of allylic oxidation sites excluding steroid dienone is 1. The fourth-order valence-corrected chi connectivity index (χ4v) is 3.92. The SMILES string of the molecule is CCOC(=O)C1=C(CNC(N)=S)NC(C)=C(C(=O)OC)C1C1CCCC1. The highest BCUT2D eigenvalue weighted by Crippen LogP contribution is 2.43. The van der Waals surface area contributed by atoms with E-state index in [0.717, 1.165) is 25.7 Å². The van der Waals surface area contributed by atoms with Crippen molar-refractivity contribution in [2.45, 2.75) is 39.5 Å². The third kappa shape index (κ3) is 4.35. The Kier molecular flexibility index (Phi) is 7.02. The van der Waals surface area contributed by atoms with Gasteiger partial charge >= 0.3 is 11.9 Å². The number of carbonyl (C=O) groups is 2. The Bertz CT molecular complexity index is 651. The molecule has 1 heterocycles. The van der Waals surface area contributed by atoms with Gasteiger partial charge in [-0.05, 0) is 44.8 Å². The van der Waals surface area contributed by atoms with Crippen molar-refractivity contribution in [3.05, 3.63) is 22.5 Å². The van der Waals surface area contributed by atoms with Gasteiger partial charge in [0.15, 0.2) is 5.11 Å². The highest BCUT2D eigenvalue weighted by molar-refractivity contribution is 7.80. The van der Waals surface area contributed by atoms with Gasteiger partial charge < -0.3 is 25.8 Å². The van der Waals surface area contributed by atoms with Crippen molar-refractivity contribution in [3.8, 4) is 0 Å². The van der Waals surface area contributed by atoms with E-state index in [1.54, 1.807) is 6.92 Å². The quantitative estimate of drug-likeness (QED) is 0.470. The van der Waals surface area contributed by atoms with E-state index in [-0.39, 0.29) is 30.1 Å². The zero-order chi connectivity index (χ0) is 19.3. The van der Waals surface area contributed by atoms with Crippen LogP contribution < -0.4 is 16.4 Å². The molecule has 4 N–H and O–H groups in total. The molecule has 0 radical (unpaired) electrons. The predicted octanol–water partition coefficient (Wildman–Crippen LogP) is 1.49. The first kappa shape index (κ1) is 20.2. The Balaban J connectivity index is 2.53. The summed E-state index contributed by atoms with van der Waals surface area (Å²) in [6.07, 6.45) is 4.08. The summed E-state index contributed by atoms with van der Waals surface area (Å²) in [4.78, 5) is 25.3. The van der Waals surface area contributed by atoms with E-state index in [2.05, 4.69) is 10.6 Å². The van der Waals surface area contributed by atoms with Crippen molar-refractivity contribution in [3.63, 3.8) is 0 Å². The van der Waals surface area contributed by atoms with Gasteiger partial charge in [0.05, 0.1) is 31.4 Å². The second-order valence-corrected chi connectivity index (χ2v) is 6.95. The van der Waals surface area contributed by atoms with Gasteiger partial charge in [0, 0.05) is 17.3 Å². The average molecular weight is 381 g/mol. The van der Waals surface area contributed by atoms with Crippen LogP contribution in [0.15, 0.2) is 22.5 Å². The molecule has 1 aliphatic carbocycles. The lowest BCUT2D eigenvalue weighted by Crippen LogP contribution is -2.41.